The van der Waals surface area contributed by atoms with Gasteiger partial charge in [0, 0.05) is 23.4 Å². The maximum Gasteiger partial charge on any atom is 0.275 e. The Labute approximate surface area is 89.3 Å². The van der Waals surface area contributed by atoms with Crippen molar-refractivity contribution in [1.82, 2.24) is 14.6 Å². The van der Waals surface area contributed by atoms with Crippen LogP contribution in [0, 0.1) is 0 Å². The number of nitrogens with zero attached hydrogens (tertiary/aromatic N) is 3. The third-order valence-corrected chi connectivity index (χ3v) is 2.19. The fraction of sp³-hybridized carbons (Fsp3) is 0. The molecule has 0 saturated heterocycles. The van der Waals surface area contributed by atoms with Crippen molar-refractivity contribution >= 4 is 28.1 Å². The molecule has 2 aromatic rings. The van der Waals surface area contributed by atoms with Gasteiger partial charge in [0.05, 0.1) is 6.20 Å². The monoisotopic (exact) mass is 221 g/mol. The molecule has 1 amide bonds. The van der Waals surface area contributed by atoms with Crippen LogP contribution in [0.25, 0.3) is 0 Å². The van der Waals surface area contributed by atoms with Crippen molar-refractivity contribution in [2.75, 3.05) is 11.1 Å². The zero-order valence-corrected chi connectivity index (χ0v) is 8.36. The van der Waals surface area contributed by atoms with Crippen molar-refractivity contribution in [2.45, 2.75) is 0 Å². The van der Waals surface area contributed by atoms with E-state index in [1.807, 2.05) is 0 Å². The quantitative estimate of drug-likeness (QED) is 0.781. The standard InChI is InChI=1S/C8H7N5OS/c9-5-1-2-10-6(3-5)8(14)12-7-4-11-13-15-7/h1-4H,(H2,9,10)(H,12,14). The van der Waals surface area contributed by atoms with Gasteiger partial charge in [0.1, 0.15) is 10.7 Å². The molecular formula is C8H7N5OS. The van der Waals surface area contributed by atoms with Gasteiger partial charge in [0.15, 0.2) is 0 Å². The van der Waals surface area contributed by atoms with Crippen LogP contribution in [0.2, 0.25) is 0 Å². The number of rotatable bonds is 2. The highest BCUT2D eigenvalue weighted by Gasteiger charge is 2.08. The summed E-state index contributed by atoms with van der Waals surface area (Å²) in [4.78, 5) is 15.5. The van der Waals surface area contributed by atoms with Crippen molar-refractivity contribution in [3.8, 4) is 0 Å². The minimum atomic E-state index is -0.326. The Balaban J connectivity index is 2.15. The number of carbonyl (C=O) groups excluding carboxylic acids is 1. The van der Waals surface area contributed by atoms with Gasteiger partial charge < -0.3 is 11.1 Å². The molecule has 2 rings (SSSR count). The largest absolute Gasteiger partial charge is 0.399 e. The van der Waals surface area contributed by atoms with E-state index in [9.17, 15) is 4.79 Å². The Kier molecular flexibility index (Phi) is 2.55. The summed E-state index contributed by atoms with van der Waals surface area (Å²) in [5, 5.41) is 6.77. The number of hydrogen-bond donors (Lipinski definition) is 2. The molecule has 0 fully saturated rings. The van der Waals surface area contributed by atoms with Gasteiger partial charge in [-0.25, -0.2) is 0 Å². The number of nitrogen functional groups attached to an aromatic ring is 1. The Hall–Kier alpha value is -2.02. The molecule has 0 aromatic carbocycles. The van der Waals surface area contributed by atoms with Crippen molar-refractivity contribution in [3.63, 3.8) is 0 Å². The second kappa shape index (κ2) is 4.01. The highest BCUT2D eigenvalue weighted by molar-refractivity contribution is 7.10. The molecule has 0 aliphatic heterocycles. The highest BCUT2D eigenvalue weighted by Crippen LogP contribution is 2.11. The molecule has 0 saturated carbocycles. The van der Waals surface area contributed by atoms with E-state index < -0.39 is 0 Å². The van der Waals surface area contributed by atoms with Gasteiger partial charge in [0.25, 0.3) is 5.91 Å². The van der Waals surface area contributed by atoms with Crippen molar-refractivity contribution in [3.05, 3.63) is 30.2 Å². The third-order valence-electron chi connectivity index (χ3n) is 1.61. The molecule has 2 aromatic heterocycles. The van der Waals surface area contributed by atoms with Crippen LogP contribution in [0.1, 0.15) is 10.5 Å². The lowest BCUT2D eigenvalue weighted by Crippen LogP contribution is -2.12. The number of amides is 1. The summed E-state index contributed by atoms with van der Waals surface area (Å²) in [5.74, 6) is -0.326. The minimum absolute atomic E-state index is 0.267. The summed E-state index contributed by atoms with van der Waals surface area (Å²) in [6, 6.07) is 3.12. The SMILES string of the molecule is Nc1ccnc(C(=O)Nc2cnns2)c1. The molecule has 6 nitrogen and oxygen atoms in total. The fourth-order valence-electron chi connectivity index (χ4n) is 0.969. The molecule has 0 unspecified atom stereocenters. The van der Waals surface area contributed by atoms with Crippen LogP contribution in [-0.4, -0.2) is 20.5 Å². The summed E-state index contributed by atoms with van der Waals surface area (Å²) in [6.07, 6.45) is 2.95. The zero-order chi connectivity index (χ0) is 10.7. The van der Waals surface area contributed by atoms with Gasteiger partial charge in [-0.1, -0.05) is 4.49 Å². The van der Waals surface area contributed by atoms with E-state index in [2.05, 4.69) is 19.9 Å². The van der Waals surface area contributed by atoms with Gasteiger partial charge in [-0.15, -0.1) is 5.10 Å². The molecule has 3 N–H and O–H groups in total. The van der Waals surface area contributed by atoms with Crippen LogP contribution in [0.4, 0.5) is 10.7 Å². The molecule has 0 aliphatic carbocycles. The smallest absolute Gasteiger partial charge is 0.275 e. The van der Waals surface area contributed by atoms with Crippen LogP contribution in [0.5, 0.6) is 0 Å². The van der Waals surface area contributed by atoms with Gasteiger partial charge >= 0.3 is 0 Å². The summed E-state index contributed by atoms with van der Waals surface area (Å²) >= 11 is 1.10. The van der Waals surface area contributed by atoms with Gasteiger partial charge in [-0.05, 0) is 12.1 Å². The summed E-state index contributed by atoms with van der Waals surface area (Å²) in [7, 11) is 0. The molecule has 0 aliphatic rings. The maximum atomic E-state index is 11.6. The van der Waals surface area contributed by atoms with Crippen LogP contribution < -0.4 is 11.1 Å². The topological polar surface area (TPSA) is 93.8 Å². The normalized spacial score (nSPS) is 9.87. The number of hydrogen-bond acceptors (Lipinski definition) is 6. The first-order valence-electron chi connectivity index (χ1n) is 4.06. The van der Waals surface area contributed by atoms with E-state index >= 15 is 0 Å². The Morgan fingerprint density at radius 1 is 1.53 bits per heavy atom. The molecule has 2 heterocycles. The predicted molar refractivity (Wildman–Crippen MR) is 56.5 cm³/mol. The Morgan fingerprint density at radius 2 is 2.40 bits per heavy atom. The lowest BCUT2D eigenvalue weighted by atomic mass is 10.3. The lowest BCUT2D eigenvalue weighted by molar-refractivity contribution is 0.102. The number of aromatic nitrogens is 3. The average molecular weight is 221 g/mol. The number of anilines is 2. The Morgan fingerprint density at radius 3 is 3.07 bits per heavy atom. The van der Waals surface area contributed by atoms with E-state index in [0.717, 1.165) is 11.5 Å². The first kappa shape index (κ1) is 9.53. The number of nitrogens with two attached hydrogens (primary N) is 1. The lowest BCUT2D eigenvalue weighted by Gasteiger charge is -2.00. The van der Waals surface area contributed by atoms with E-state index in [0.29, 0.717) is 10.7 Å². The van der Waals surface area contributed by atoms with Gasteiger partial charge in [-0.2, -0.15) is 0 Å². The van der Waals surface area contributed by atoms with E-state index in [1.165, 1.54) is 18.5 Å². The van der Waals surface area contributed by atoms with Gasteiger partial charge in [0.2, 0.25) is 0 Å². The van der Waals surface area contributed by atoms with E-state index in [4.69, 9.17) is 5.73 Å². The second-order valence-electron chi connectivity index (χ2n) is 2.71. The minimum Gasteiger partial charge on any atom is -0.399 e. The molecule has 15 heavy (non-hydrogen) atoms. The predicted octanol–water partition coefficient (Wildman–Crippen LogP) is 0.768. The molecule has 7 heteroatoms. The molecule has 0 spiro atoms. The van der Waals surface area contributed by atoms with Crippen molar-refractivity contribution < 1.29 is 4.79 Å². The first-order chi connectivity index (χ1) is 7.25. The summed E-state index contributed by atoms with van der Waals surface area (Å²) in [5.41, 5.74) is 6.29. The number of nitrogens with one attached hydrogen (secondary N) is 1. The molecule has 0 atom stereocenters. The Bertz CT molecular complexity index is 470. The summed E-state index contributed by atoms with van der Waals surface area (Å²) < 4.78 is 3.62. The molecular weight excluding hydrogens is 214 g/mol. The molecule has 76 valence electrons. The van der Waals surface area contributed by atoms with Gasteiger partial charge in [-0.3, -0.25) is 9.78 Å². The number of carbonyl (C=O) groups is 1. The van der Waals surface area contributed by atoms with Crippen molar-refractivity contribution in [2.24, 2.45) is 0 Å². The fourth-order valence-corrected chi connectivity index (χ4v) is 1.38. The van der Waals surface area contributed by atoms with Crippen molar-refractivity contribution in [1.29, 1.82) is 0 Å². The molecule has 0 radical (unpaired) electrons. The highest BCUT2D eigenvalue weighted by atomic mass is 32.1. The van der Waals surface area contributed by atoms with Crippen LogP contribution in [0.15, 0.2) is 24.5 Å². The van der Waals surface area contributed by atoms with Crippen LogP contribution in [-0.2, 0) is 0 Å². The molecule has 0 bridgehead atoms. The van der Waals surface area contributed by atoms with Crippen LogP contribution in [0.3, 0.4) is 0 Å². The summed E-state index contributed by atoms with van der Waals surface area (Å²) in [6.45, 7) is 0. The average Bonchev–Trinajstić information content (AvgIpc) is 2.70. The van der Waals surface area contributed by atoms with E-state index in [1.54, 1.807) is 6.07 Å². The van der Waals surface area contributed by atoms with Crippen LogP contribution >= 0.6 is 11.5 Å². The second-order valence-corrected chi connectivity index (χ2v) is 3.50. The number of pyridine rings is 1. The maximum absolute atomic E-state index is 11.6. The van der Waals surface area contributed by atoms with E-state index in [-0.39, 0.29) is 11.6 Å². The first-order valence-corrected chi connectivity index (χ1v) is 4.83. The third kappa shape index (κ3) is 2.26. The zero-order valence-electron chi connectivity index (χ0n) is 7.54.